The van der Waals surface area contributed by atoms with Crippen molar-refractivity contribution in [1.82, 2.24) is 0 Å². The monoisotopic (exact) mass is 878 g/mol. The lowest BCUT2D eigenvalue weighted by atomic mass is 9.79. The topological polar surface area (TPSA) is 93.2 Å². The van der Waals surface area contributed by atoms with Crippen LogP contribution in [0.3, 0.4) is 0 Å². The van der Waals surface area contributed by atoms with Crippen LogP contribution in [0.2, 0.25) is 0 Å². The van der Waals surface area contributed by atoms with Crippen LogP contribution < -0.4 is 15.3 Å². The molecule has 9 heteroatoms. The zero-order valence-electron chi connectivity index (χ0n) is 38.7. The predicted molar refractivity (Wildman–Crippen MR) is 270 cm³/mol. The number of benzene rings is 9. The number of amides is 4. The Kier molecular flexibility index (Phi) is 8.72. The van der Waals surface area contributed by atoms with Gasteiger partial charge in [0.15, 0.2) is 0 Å². The quantitative estimate of drug-likeness (QED) is 0.0715. The third-order valence-electron chi connectivity index (χ3n) is 15.1. The molecule has 3 heterocycles. The summed E-state index contributed by atoms with van der Waals surface area (Å²) >= 11 is 0. The largest absolute Gasteiger partial charge is 0.494 e. The van der Waals surface area contributed by atoms with E-state index in [9.17, 15) is 19.2 Å². The van der Waals surface area contributed by atoms with E-state index in [1.165, 1.54) is 9.80 Å². The zero-order chi connectivity index (χ0) is 46.6. The summed E-state index contributed by atoms with van der Waals surface area (Å²) in [5.74, 6) is -1.20. The van der Waals surface area contributed by atoms with Crippen LogP contribution in [0.4, 0.5) is 11.4 Å². The standard InChI is InChI=1S/C58H47BN2O6/c1-30(2)34-12-9-13-35(31(3)4)52(34)61-55(64)46-28-25-42-40-16-10-14-38-36(22-24-41(48(38)40)43-26-29-47(56(61)65)51(46)50(42)43)37-23-27-45-49-39(37)15-11-17-44(49)53(62)60(54(45)63)33-20-18-32(19-21-33)59-66-57(5,6)58(7,8)67-59/h9-31H,1-8H3. The summed E-state index contributed by atoms with van der Waals surface area (Å²) in [6.45, 7) is 16.4. The van der Waals surface area contributed by atoms with E-state index in [1.807, 2.05) is 113 Å². The molecule has 1 fully saturated rings. The highest BCUT2D eigenvalue weighted by Gasteiger charge is 2.52. The van der Waals surface area contributed by atoms with Gasteiger partial charge in [-0.05, 0) is 147 Å². The first-order chi connectivity index (χ1) is 32.1. The van der Waals surface area contributed by atoms with E-state index in [4.69, 9.17) is 9.31 Å². The smallest absolute Gasteiger partial charge is 0.399 e. The van der Waals surface area contributed by atoms with E-state index in [0.29, 0.717) is 44.4 Å². The van der Waals surface area contributed by atoms with Crippen molar-refractivity contribution in [3.8, 4) is 11.1 Å². The van der Waals surface area contributed by atoms with Crippen molar-refractivity contribution in [2.75, 3.05) is 9.80 Å². The van der Waals surface area contributed by atoms with E-state index in [2.05, 4.69) is 52.0 Å². The lowest BCUT2D eigenvalue weighted by molar-refractivity contribution is 0.00578. The molecule has 0 unspecified atom stereocenters. The molecule has 0 atom stereocenters. The second-order valence-electron chi connectivity index (χ2n) is 20.0. The van der Waals surface area contributed by atoms with Gasteiger partial charge in [-0.3, -0.25) is 19.2 Å². The van der Waals surface area contributed by atoms with Gasteiger partial charge in [-0.1, -0.05) is 119 Å². The third kappa shape index (κ3) is 5.62. The molecule has 0 radical (unpaired) electrons. The average Bonchev–Trinajstić information content (AvgIpc) is 3.54. The maximum atomic E-state index is 14.8. The Bertz CT molecular complexity index is 3570. The summed E-state index contributed by atoms with van der Waals surface area (Å²) in [5.41, 5.74) is 6.70. The zero-order valence-corrected chi connectivity index (χ0v) is 38.7. The van der Waals surface area contributed by atoms with Crippen molar-refractivity contribution in [3.05, 3.63) is 161 Å². The number of para-hydroxylation sites is 1. The molecule has 0 aromatic heterocycles. The SMILES string of the molecule is CC(C)c1cccc(C(C)C)c1N1C(=O)c2ccc3c4cccc5c(-c6ccc7c8c(cccc68)C(=O)N(c6ccc(B8OC(C)(C)C(C)(C)O8)cc6)C7=O)ccc(c6ccc(c2c36)C1=O)c54. The molecule has 0 aliphatic carbocycles. The van der Waals surface area contributed by atoms with Gasteiger partial charge in [0.1, 0.15) is 0 Å². The summed E-state index contributed by atoms with van der Waals surface area (Å²) in [7, 11) is -0.571. The number of hydrogen-bond donors (Lipinski definition) is 0. The average molecular weight is 879 g/mol. The van der Waals surface area contributed by atoms with Crippen LogP contribution in [0.15, 0.2) is 127 Å². The molecule has 328 valence electrons. The first kappa shape index (κ1) is 41.3. The van der Waals surface area contributed by atoms with Crippen LogP contribution >= 0.6 is 0 Å². The number of imide groups is 2. The molecule has 67 heavy (non-hydrogen) atoms. The fourth-order valence-electron chi connectivity index (χ4n) is 11.0. The Labute approximate surface area is 388 Å². The minimum atomic E-state index is -0.571. The van der Waals surface area contributed by atoms with Crippen LogP contribution in [-0.4, -0.2) is 41.9 Å². The number of carbonyl (C=O) groups is 4. The number of nitrogens with zero attached hydrogens (tertiary/aromatic N) is 2. The molecular weight excluding hydrogens is 831 g/mol. The highest BCUT2D eigenvalue weighted by atomic mass is 16.7. The molecule has 3 aliphatic heterocycles. The fourth-order valence-corrected chi connectivity index (χ4v) is 11.0. The molecular formula is C58H47BN2O6. The van der Waals surface area contributed by atoms with Crippen molar-refractivity contribution in [1.29, 1.82) is 0 Å². The van der Waals surface area contributed by atoms with Crippen LogP contribution in [0.25, 0.3) is 65.0 Å². The number of hydrogen-bond acceptors (Lipinski definition) is 6. The molecule has 0 saturated carbocycles. The summed E-state index contributed by atoms with van der Waals surface area (Å²) in [5, 5.41) is 9.03. The van der Waals surface area contributed by atoms with Gasteiger partial charge in [0, 0.05) is 33.0 Å². The van der Waals surface area contributed by atoms with Crippen molar-refractivity contribution >= 4 is 101 Å². The van der Waals surface area contributed by atoms with E-state index in [0.717, 1.165) is 70.8 Å². The normalized spacial score (nSPS) is 16.8. The summed E-state index contributed by atoms with van der Waals surface area (Å²) in [6, 6.07) is 41.2. The highest BCUT2D eigenvalue weighted by molar-refractivity contribution is 6.62. The lowest BCUT2D eigenvalue weighted by Crippen LogP contribution is -2.41. The maximum absolute atomic E-state index is 14.8. The molecule has 3 aliphatic rings. The number of carbonyl (C=O) groups excluding carboxylic acids is 4. The first-order valence-corrected chi connectivity index (χ1v) is 23.2. The molecule has 4 amide bonds. The minimum absolute atomic E-state index is 0.0993. The van der Waals surface area contributed by atoms with Crippen LogP contribution in [0.5, 0.6) is 0 Å². The summed E-state index contributed by atoms with van der Waals surface area (Å²) in [4.78, 5) is 61.1. The van der Waals surface area contributed by atoms with Crippen LogP contribution in [0, 0.1) is 0 Å². The Balaban J connectivity index is 0.964. The van der Waals surface area contributed by atoms with E-state index in [-0.39, 0.29) is 35.5 Å². The van der Waals surface area contributed by atoms with Crippen molar-refractivity contribution in [3.63, 3.8) is 0 Å². The molecule has 9 aromatic carbocycles. The Morgan fingerprint density at radius 3 is 1.37 bits per heavy atom. The molecule has 12 rings (SSSR count). The van der Waals surface area contributed by atoms with Gasteiger partial charge < -0.3 is 9.31 Å². The number of anilines is 2. The number of rotatable bonds is 6. The predicted octanol–water partition coefficient (Wildman–Crippen LogP) is 12.7. The summed E-state index contributed by atoms with van der Waals surface area (Å²) in [6.07, 6.45) is 0. The van der Waals surface area contributed by atoms with Crippen molar-refractivity contribution in [2.24, 2.45) is 0 Å². The van der Waals surface area contributed by atoms with Crippen molar-refractivity contribution < 1.29 is 28.5 Å². The van der Waals surface area contributed by atoms with Gasteiger partial charge in [0.2, 0.25) is 0 Å². The van der Waals surface area contributed by atoms with E-state index < -0.39 is 18.3 Å². The van der Waals surface area contributed by atoms with E-state index >= 15 is 0 Å². The molecule has 0 bridgehead atoms. The second-order valence-corrected chi connectivity index (χ2v) is 20.0. The maximum Gasteiger partial charge on any atom is 0.494 e. The molecule has 0 spiro atoms. The summed E-state index contributed by atoms with van der Waals surface area (Å²) < 4.78 is 12.5. The molecule has 0 N–H and O–H groups in total. The Morgan fingerprint density at radius 2 is 0.806 bits per heavy atom. The van der Waals surface area contributed by atoms with Gasteiger partial charge >= 0.3 is 7.12 Å². The number of fused-ring (bicyclic) bond motifs is 2. The van der Waals surface area contributed by atoms with Crippen LogP contribution in [0.1, 0.15) is 120 Å². The molecule has 1 saturated heterocycles. The van der Waals surface area contributed by atoms with Gasteiger partial charge in [-0.2, -0.15) is 0 Å². The highest BCUT2D eigenvalue weighted by Crippen LogP contribution is 2.49. The molecule has 9 aromatic rings. The Hall–Kier alpha value is -7.20. The van der Waals surface area contributed by atoms with E-state index in [1.54, 1.807) is 18.2 Å². The second kappa shape index (κ2) is 14.2. The third-order valence-corrected chi connectivity index (χ3v) is 15.1. The fraction of sp³-hybridized carbons (Fsp3) is 0.207. The van der Waals surface area contributed by atoms with Gasteiger partial charge in [0.25, 0.3) is 23.6 Å². The van der Waals surface area contributed by atoms with Crippen LogP contribution in [-0.2, 0) is 9.31 Å². The minimum Gasteiger partial charge on any atom is -0.399 e. The lowest BCUT2D eigenvalue weighted by Gasteiger charge is -2.32. The molecule has 8 nitrogen and oxygen atoms in total. The Morgan fingerprint density at radius 1 is 0.403 bits per heavy atom. The van der Waals surface area contributed by atoms with Crippen molar-refractivity contribution in [2.45, 2.75) is 78.4 Å². The van der Waals surface area contributed by atoms with Gasteiger partial charge in [0.05, 0.1) is 22.6 Å². The van der Waals surface area contributed by atoms with Gasteiger partial charge in [-0.15, -0.1) is 0 Å². The van der Waals surface area contributed by atoms with Gasteiger partial charge in [-0.25, -0.2) is 9.80 Å². The first-order valence-electron chi connectivity index (χ1n) is 23.2.